The fourth-order valence-electron chi connectivity index (χ4n) is 9.42. The summed E-state index contributed by atoms with van der Waals surface area (Å²) >= 11 is 0. The van der Waals surface area contributed by atoms with Crippen molar-refractivity contribution >= 4 is 46.4 Å². The van der Waals surface area contributed by atoms with E-state index in [1.54, 1.807) is 0 Å². The summed E-state index contributed by atoms with van der Waals surface area (Å²) in [6.07, 6.45) is 16.3. The van der Waals surface area contributed by atoms with Crippen LogP contribution in [-0.4, -0.2) is 65.5 Å². The van der Waals surface area contributed by atoms with Gasteiger partial charge in [0.05, 0.1) is 28.9 Å². The summed E-state index contributed by atoms with van der Waals surface area (Å²) in [6, 6.07) is 41.3. The normalized spacial score (nSPS) is 12.3. The summed E-state index contributed by atoms with van der Waals surface area (Å²) in [6.45, 7) is 7.06. The molecule has 0 fully saturated rings. The van der Waals surface area contributed by atoms with Gasteiger partial charge < -0.3 is 46.1 Å². The van der Waals surface area contributed by atoms with Crippen molar-refractivity contribution in [1.29, 1.82) is 0 Å². The summed E-state index contributed by atoms with van der Waals surface area (Å²) in [5.41, 5.74) is 31.7. The zero-order chi connectivity index (χ0) is 48.9. The average Bonchev–Trinajstić information content (AvgIpc) is 4.26. The standard InChI is InChI=1S/C60H65N7O4/c1-3-5-6-7-11-46(10-4-2)71-56-13-9-8-12-47(56)60-54-32-30-52(66-54)58(41-16-22-44(23-17-41)69-38-35-62)50-28-26-48(64-50)57(40-14-20-43(21-15-40)68-37-34-61)49-27-29-51(65-49)59(53-31-33-55(60)67-53)42-18-24-45(25-19-42)70-39-36-63/h8-9,12-33,46,64,67H,3-7,10-11,34-39,61-63H2,1-2H3. The first-order chi connectivity index (χ1) is 35.0. The monoisotopic (exact) mass is 948 g/mol. The number of hydrogen-bond acceptors (Lipinski definition) is 9. The Labute approximate surface area is 416 Å². The Morgan fingerprint density at radius 1 is 0.437 bits per heavy atom. The van der Waals surface area contributed by atoms with Gasteiger partial charge in [-0.3, -0.25) is 0 Å². The highest BCUT2D eigenvalue weighted by atomic mass is 16.5. The van der Waals surface area contributed by atoms with E-state index < -0.39 is 0 Å². The second-order valence-electron chi connectivity index (χ2n) is 17.9. The molecule has 3 aromatic heterocycles. The van der Waals surface area contributed by atoms with E-state index in [0.717, 1.165) is 138 Å². The summed E-state index contributed by atoms with van der Waals surface area (Å²) in [5, 5.41) is 0. The number of rotatable bonds is 22. The van der Waals surface area contributed by atoms with Crippen LogP contribution in [0.1, 0.15) is 81.6 Å². The number of nitrogens with zero attached hydrogens (tertiary/aromatic N) is 2. The van der Waals surface area contributed by atoms with E-state index in [0.29, 0.717) is 39.5 Å². The molecule has 7 aromatic rings. The Hall–Kier alpha value is -7.44. The number of nitrogens with one attached hydrogen (secondary N) is 2. The minimum Gasteiger partial charge on any atom is -0.492 e. The number of ether oxygens (including phenoxy) is 4. The third-order valence-corrected chi connectivity index (χ3v) is 12.8. The molecule has 8 N–H and O–H groups in total. The molecule has 11 heteroatoms. The maximum absolute atomic E-state index is 7.08. The van der Waals surface area contributed by atoms with E-state index in [9.17, 15) is 0 Å². The number of nitrogens with two attached hydrogens (primary N) is 3. The van der Waals surface area contributed by atoms with Gasteiger partial charge in [0.2, 0.25) is 0 Å². The van der Waals surface area contributed by atoms with Gasteiger partial charge >= 0.3 is 0 Å². The predicted molar refractivity (Wildman–Crippen MR) is 292 cm³/mol. The predicted octanol–water partition coefficient (Wildman–Crippen LogP) is 12.9. The molecule has 0 saturated carbocycles. The molecule has 1 unspecified atom stereocenters. The van der Waals surface area contributed by atoms with Crippen molar-refractivity contribution in [2.45, 2.75) is 64.9 Å². The van der Waals surface area contributed by atoms with Crippen molar-refractivity contribution in [2.75, 3.05) is 39.5 Å². The largest absolute Gasteiger partial charge is 0.492 e. The first kappa shape index (κ1) is 48.6. The molecule has 0 spiro atoms. The summed E-state index contributed by atoms with van der Waals surface area (Å²) < 4.78 is 24.8. The third-order valence-electron chi connectivity index (χ3n) is 12.8. The van der Waals surface area contributed by atoms with Crippen molar-refractivity contribution in [3.8, 4) is 67.5 Å². The Kier molecular flexibility index (Phi) is 16.0. The molecule has 2 aliphatic heterocycles. The van der Waals surface area contributed by atoms with Gasteiger partial charge in [-0.2, -0.15) is 0 Å². The molecular weight excluding hydrogens is 883 g/mol. The molecule has 2 aliphatic rings. The Morgan fingerprint density at radius 3 is 1.25 bits per heavy atom. The third kappa shape index (κ3) is 11.3. The molecule has 71 heavy (non-hydrogen) atoms. The van der Waals surface area contributed by atoms with Crippen LogP contribution < -0.4 is 36.1 Å². The minimum atomic E-state index is 0.0875. The van der Waals surface area contributed by atoms with E-state index in [2.05, 4.69) is 133 Å². The molecule has 0 amide bonds. The molecule has 4 aromatic carbocycles. The zero-order valence-electron chi connectivity index (χ0n) is 40.9. The van der Waals surface area contributed by atoms with E-state index in [4.69, 9.17) is 46.1 Å². The van der Waals surface area contributed by atoms with Gasteiger partial charge in [-0.05, 0) is 127 Å². The maximum Gasteiger partial charge on any atom is 0.127 e. The maximum atomic E-state index is 7.08. The lowest BCUT2D eigenvalue weighted by atomic mass is 10.0. The number of aromatic amines is 2. The Balaban J connectivity index is 1.34. The molecule has 364 valence electrons. The number of para-hydroxylation sites is 1. The van der Waals surface area contributed by atoms with Crippen LogP contribution >= 0.6 is 0 Å². The van der Waals surface area contributed by atoms with Crippen molar-refractivity contribution in [3.63, 3.8) is 0 Å². The first-order valence-electron chi connectivity index (χ1n) is 25.2. The molecule has 11 nitrogen and oxygen atoms in total. The summed E-state index contributed by atoms with van der Waals surface area (Å²) in [5.74, 6) is 3.07. The zero-order valence-corrected chi connectivity index (χ0v) is 40.9. The summed E-state index contributed by atoms with van der Waals surface area (Å²) in [4.78, 5) is 18.8. The fraction of sp³-hybridized carbons (Fsp3) is 0.267. The molecular formula is C60H65N7O4. The first-order valence-corrected chi connectivity index (χ1v) is 25.2. The van der Waals surface area contributed by atoms with Gasteiger partial charge in [0.1, 0.15) is 42.8 Å². The van der Waals surface area contributed by atoms with Crippen LogP contribution in [0.5, 0.6) is 23.0 Å². The lowest BCUT2D eigenvalue weighted by molar-refractivity contribution is 0.176. The highest BCUT2D eigenvalue weighted by Gasteiger charge is 2.22. The van der Waals surface area contributed by atoms with E-state index in [1.807, 2.05) is 36.4 Å². The van der Waals surface area contributed by atoms with Crippen LogP contribution in [0.3, 0.4) is 0 Å². The van der Waals surface area contributed by atoms with Crippen molar-refractivity contribution in [2.24, 2.45) is 17.2 Å². The lowest BCUT2D eigenvalue weighted by Crippen LogP contribution is -2.16. The van der Waals surface area contributed by atoms with Crippen LogP contribution in [0.2, 0.25) is 0 Å². The smallest absolute Gasteiger partial charge is 0.127 e. The molecule has 8 bridgehead atoms. The molecule has 5 heterocycles. The van der Waals surface area contributed by atoms with Crippen LogP contribution in [-0.2, 0) is 0 Å². The number of benzene rings is 4. The van der Waals surface area contributed by atoms with Gasteiger partial charge in [-0.15, -0.1) is 0 Å². The quantitative estimate of drug-likeness (QED) is 0.0415. The van der Waals surface area contributed by atoms with Crippen LogP contribution in [0.25, 0.3) is 90.9 Å². The molecule has 9 rings (SSSR count). The van der Waals surface area contributed by atoms with E-state index in [1.165, 1.54) is 19.3 Å². The fourth-order valence-corrected chi connectivity index (χ4v) is 9.42. The summed E-state index contributed by atoms with van der Waals surface area (Å²) in [7, 11) is 0. The molecule has 1 atom stereocenters. The van der Waals surface area contributed by atoms with Crippen molar-refractivity contribution in [3.05, 3.63) is 144 Å². The number of hydrogen-bond donors (Lipinski definition) is 5. The van der Waals surface area contributed by atoms with Gasteiger partial charge in [0.25, 0.3) is 0 Å². The highest BCUT2D eigenvalue weighted by molar-refractivity contribution is 6.00. The Morgan fingerprint density at radius 2 is 0.845 bits per heavy atom. The SMILES string of the molecule is CCCCCCC(CCC)Oc1ccccc1-c1c2nc(c(-c3ccc(OCCN)cc3)c3ccc([nH]3)c(-c3ccc(OCCN)cc3)c3nc(c(-c4ccc(OCCN)cc4)c4ccc1[nH]4)C=C3)C=C2. The van der Waals surface area contributed by atoms with Crippen molar-refractivity contribution in [1.82, 2.24) is 19.9 Å². The van der Waals surface area contributed by atoms with Crippen LogP contribution in [0.15, 0.2) is 121 Å². The van der Waals surface area contributed by atoms with Crippen molar-refractivity contribution < 1.29 is 18.9 Å². The van der Waals surface area contributed by atoms with Gasteiger partial charge in [0.15, 0.2) is 0 Å². The number of H-pyrrole nitrogens is 2. The lowest BCUT2D eigenvalue weighted by Gasteiger charge is -2.21. The number of aromatic nitrogens is 4. The molecule has 0 aliphatic carbocycles. The number of fused-ring (bicyclic) bond motifs is 8. The van der Waals surface area contributed by atoms with Gasteiger partial charge in [-0.25, -0.2) is 9.97 Å². The minimum absolute atomic E-state index is 0.0875. The topological polar surface area (TPSA) is 172 Å². The number of unbranched alkanes of at least 4 members (excludes halogenated alkanes) is 3. The average molecular weight is 948 g/mol. The highest BCUT2D eigenvalue weighted by Crippen LogP contribution is 2.41. The second kappa shape index (κ2) is 23.4. The van der Waals surface area contributed by atoms with E-state index in [-0.39, 0.29) is 6.10 Å². The van der Waals surface area contributed by atoms with Gasteiger partial charge in [0, 0.05) is 69.5 Å². The molecule has 0 saturated heterocycles. The second-order valence-corrected chi connectivity index (χ2v) is 17.9. The van der Waals surface area contributed by atoms with Crippen LogP contribution in [0.4, 0.5) is 0 Å². The van der Waals surface area contributed by atoms with Crippen LogP contribution in [0, 0.1) is 0 Å². The molecule has 0 radical (unpaired) electrons. The van der Waals surface area contributed by atoms with Gasteiger partial charge in [-0.1, -0.05) is 94.1 Å². The van der Waals surface area contributed by atoms with E-state index >= 15 is 0 Å². The Bertz CT molecular complexity index is 3090.